The van der Waals surface area contributed by atoms with E-state index >= 15 is 0 Å². The zero-order valence-corrected chi connectivity index (χ0v) is 16.9. The molecule has 0 aliphatic carbocycles. The molecule has 0 spiro atoms. The third-order valence-electron chi connectivity index (χ3n) is 4.87. The van der Waals surface area contributed by atoms with Crippen LogP contribution in [0.15, 0.2) is 12.1 Å². The largest absolute Gasteiger partial charge is 0.433 e. The molecule has 1 saturated heterocycles. The number of carbonyl (C=O) groups is 1. The Morgan fingerprint density at radius 2 is 2.00 bits per heavy atom. The molecule has 2 aromatic rings. The van der Waals surface area contributed by atoms with Crippen molar-refractivity contribution in [3.05, 3.63) is 28.3 Å². The summed E-state index contributed by atoms with van der Waals surface area (Å²) in [5.74, 6) is 0.472. The van der Waals surface area contributed by atoms with E-state index in [2.05, 4.69) is 17.2 Å². The molecular formula is C18H23ClF3N3OS. The number of pyridine rings is 1. The molecule has 0 aromatic carbocycles. The topological polar surface area (TPSA) is 45.2 Å². The number of aromatic nitrogens is 1. The summed E-state index contributed by atoms with van der Waals surface area (Å²) in [6, 6.07) is 2.39. The van der Waals surface area contributed by atoms with Crippen molar-refractivity contribution in [3.8, 4) is 0 Å². The van der Waals surface area contributed by atoms with E-state index in [0.717, 1.165) is 43.3 Å². The van der Waals surface area contributed by atoms with E-state index in [1.807, 2.05) is 4.90 Å². The Bertz CT molecular complexity index is 801. The summed E-state index contributed by atoms with van der Waals surface area (Å²) >= 11 is 1.06. The minimum Gasteiger partial charge on any atom is -0.338 e. The number of halogens is 4. The molecule has 1 aliphatic rings. The molecule has 0 saturated carbocycles. The Morgan fingerprint density at radius 3 is 2.59 bits per heavy atom. The molecular weight excluding hydrogens is 399 g/mol. The van der Waals surface area contributed by atoms with Crippen LogP contribution in [-0.4, -0.2) is 42.0 Å². The van der Waals surface area contributed by atoms with Gasteiger partial charge in [-0.15, -0.1) is 23.7 Å². The highest BCUT2D eigenvalue weighted by Gasteiger charge is 2.33. The van der Waals surface area contributed by atoms with Crippen molar-refractivity contribution in [2.24, 2.45) is 5.92 Å². The number of carbonyl (C=O) groups excluding carboxylic acids is 1. The van der Waals surface area contributed by atoms with Gasteiger partial charge in [-0.2, -0.15) is 13.2 Å². The molecule has 1 aliphatic heterocycles. The van der Waals surface area contributed by atoms with Crippen LogP contribution in [-0.2, 0) is 6.18 Å². The van der Waals surface area contributed by atoms with Gasteiger partial charge in [-0.05, 0) is 56.5 Å². The minimum atomic E-state index is -4.48. The fourth-order valence-electron chi connectivity index (χ4n) is 3.29. The first-order chi connectivity index (χ1) is 12.3. The lowest BCUT2D eigenvalue weighted by Gasteiger charge is -2.32. The van der Waals surface area contributed by atoms with Crippen LogP contribution in [0.25, 0.3) is 10.2 Å². The van der Waals surface area contributed by atoms with Gasteiger partial charge in [0.05, 0.1) is 4.88 Å². The van der Waals surface area contributed by atoms with E-state index < -0.39 is 11.9 Å². The highest BCUT2D eigenvalue weighted by atomic mass is 35.5. The maximum absolute atomic E-state index is 12.9. The molecule has 2 aromatic heterocycles. The number of likely N-dealkylation sites (tertiary alicyclic amines) is 1. The van der Waals surface area contributed by atoms with Crippen LogP contribution in [0.5, 0.6) is 0 Å². The number of nitrogens with zero attached hydrogens (tertiary/aromatic N) is 2. The first-order valence-electron chi connectivity index (χ1n) is 8.78. The fourth-order valence-corrected chi connectivity index (χ4v) is 4.44. The Labute approximate surface area is 166 Å². The van der Waals surface area contributed by atoms with Crippen LogP contribution in [0.4, 0.5) is 13.2 Å². The number of hydrogen-bond acceptors (Lipinski definition) is 4. The Morgan fingerprint density at radius 1 is 1.33 bits per heavy atom. The van der Waals surface area contributed by atoms with E-state index in [-0.39, 0.29) is 23.1 Å². The summed E-state index contributed by atoms with van der Waals surface area (Å²) in [5.41, 5.74) is -0.208. The van der Waals surface area contributed by atoms with Crippen LogP contribution in [0.1, 0.15) is 40.7 Å². The number of alkyl halides is 3. The quantitative estimate of drug-likeness (QED) is 0.790. The van der Waals surface area contributed by atoms with Gasteiger partial charge in [0.15, 0.2) is 0 Å². The van der Waals surface area contributed by atoms with Crippen LogP contribution >= 0.6 is 23.7 Å². The van der Waals surface area contributed by atoms with Gasteiger partial charge in [-0.3, -0.25) is 4.79 Å². The van der Waals surface area contributed by atoms with E-state index in [1.54, 1.807) is 6.92 Å². The predicted molar refractivity (Wildman–Crippen MR) is 104 cm³/mol. The van der Waals surface area contributed by atoms with Crippen LogP contribution < -0.4 is 5.32 Å². The van der Waals surface area contributed by atoms with Crippen LogP contribution in [0.2, 0.25) is 0 Å². The van der Waals surface area contributed by atoms with Gasteiger partial charge in [0.2, 0.25) is 0 Å². The number of piperidine rings is 1. The SMILES string of the molecule is CCNCC1CCN(C(=O)c2sc3nc(C(F)(F)F)ccc3c2C)CC1.Cl. The maximum atomic E-state index is 12.9. The zero-order chi connectivity index (χ0) is 18.9. The summed E-state index contributed by atoms with van der Waals surface area (Å²) in [7, 11) is 0. The fraction of sp³-hybridized carbons (Fsp3) is 0.556. The van der Waals surface area contributed by atoms with Gasteiger partial charge in [0.25, 0.3) is 5.91 Å². The molecule has 3 heterocycles. The average Bonchev–Trinajstić information content (AvgIpc) is 2.95. The van der Waals surface area contributed by atoms with Crippen molar-refractivity contribution >= 4 is 39.9 Å². The molecule has 1 fully saturated rings. The molecule has 3 rings (SSSR count). The Balaban J connectivity index is 0.00000261. The van der Waals surface area contributed by atoms with Gasteiger partial charge in [0.1, 0.15) is 10.5 Å². The number of rotatable bonds is 4. The average molecular weight is 422 g/mol. The van der Waals surface area contributed by atoms with Crippen molar-refractivity contribution in [1.82, 2.24) is 15.2 Å². The van der Waals surface area contributed by atoms with Gasteiger partial charge < -0.3 is 10.2 Å². The lowest BCUT2D eigenvalue weighted by molar-refractivity contribution is -0.140. The van der Waals surface area contributed by atoms with Crippen LogP contribution in [0, 0.1) is 12.8 Å². The predicted octanol–water partition coefficient (Wildman–Crippen LogP) is 4.51. The second kappa shape index (κ2) is 8.75. The standard InChI is InChI=1S/C18H22F3N3OS.ClH/c1-3-22-10-12-6-8-24(9-7-12)17(25)15-11(2)13-4-5-14(18(19,20)21)23-16(13)26-15;/h4-5,12,22H,3,6-10H2,1-2H3;1H. The summed E-state index contributed by atoms with van der Waals surface area (Å²) < 4.78 is 38.6. The monoisotopic (exact) mass is 421 g/mol. The van der Waals surface area contributed by atoms with E-state index in [1.165, 1.54) is 6.07 Å². The first-order valence-corrected chi connectivity index (χ1v) is 9.60. The normalized spacial score (nSPS) is 15.8. The van der Waals surface area contributed by atoms with E-state index in [4.69, 9.17) is 0 Å². The van der Waals surface area contributed by atoms with Crippen molar-refractivity contribution in [1.29, 1.82) is 0 Å². The summed E-state index contributed by atoms with van der Waals surface area (Å²) in [4.78, 5) is 19.2. The van der Waals surface area contributed by atoms with Crippen molar-refractivity contribution < 1.29 is 18.0 Å². The molecule has 9 heteroatoms. The van der Waals surface area contributed by atoms with Gasteiger partial charge in [0, 0.05) is 18.5 Å². The summed E-state index contributed by atoms with van der Waals surface area (Å²) in [5, 5.41) is 3.96. The second-order valence-electron chi connectivity index (χ2n) is 6.65. The summed E-state index contributed by atoms with van der Waals surface area (Å²) in [6.45, 7) is 7.12. The lowest BCUT2D eigenvalue weighted by Crippen LogP contribution is -2.40. The highest BCUT2D eigenvalue weighted by molar-refractivity contribution is 7.20. The Hall–Kier alpha value is -1.38. The molecule has 1 N–H and O–H groups in total. The second-order valence-corrected chi connectivity index (χ2v) is 7.65. The molecule has 4 nitrogen and oxygen atoms in total. The number of amides is 1. The van der Waals surface area contributed by atoms with Gasteiger partial charge in [-0.1, -0.05) is 6.92 Å². The van der Waals surface area contributed by atoms with Gasteiger partial charge >= 0.3 is 6.18 Å². The van der Waals surface area contributed by atoms with Crippen molar-refractivity contribution in [2.45, 2.75) is 32.9 Å². The van der Waals surface area contributed by atoms with Crippen molar-refractivity contribution in [3.63, 3.8) is 0 Å². The molecule has 0 radical (unpaired) electrons. The Kier molecular flexibility index (Phi) is 7.10. The smallest absolute Gasteiger partial charge is 0.338 e. The number of hydrogen-bond donors (Lipinski definition) is 1. The maximum Gasteiger partial charge on any atom is 0.433 e. The molecule has 27 heavy (non-hydrogen) atoms. The molecule has 150 valence electrons. The number of thiophene rings is 1. The number of aryl methyl sites for hydroxylation is 1. The zero-order valence-electron chi connectivity index (χ0n) is 15.2. The third kappa shape index (κ3) is 4.73. The van der Waals surface area contributed by atoms with Crippen molar-refractivity contribution in [2.75, 3.05) is 26.2 Å². The molecule has 1 amide bonds. The van der Waals surface area contributed by atoms with Crippen LogP contribution in [0.3, 0.4) is 0 Å². The molecule has 0 atom stereocenters. The van der Waals surface area contributed by atoms with Gasteiger partial charge in [-0.25, -0.2) is 4.98 Å². The first kappa shape index (κ1) is 21.9. The highest BCUT2D eigenvalue weighted by Crippen LogP contribution is 2.35. The van der Waals surface area contributed by atoms with E-state index in [0.29, 0.717) is 34.8 Å². The molecule has 0 unspecified atom stereocenters. The number of fused-ring (bicyclic) bond motifs is 1. The third-order valence-corrected chi connectivity index (χ3v) is 6.06. The van der Waals surface area contributed by atoms with E-state index in [9.17, 15) is 18.0 Å². The number of nitrogens with one attached hydrogen (secondary N) is 1. The lowest BCUT2D eigenvalue weighted by atomic mass is 9.96. The molecule has 0 bridgehead atoms. The summed E-state index contributed by atoms with van der Waals surface area (Å²) in [6.07, 6.45) is -2.59. The minimum absolute atomic E-state index is 0.